The van der Waals surface area contributed by atoms with Crippen LogP contribution in [0.1, 0.15) is 41.3 Å². The van der Waals surface area contributed by atoms with E-state index in [0.717, 1.165) is 18.7 Å². The number of aromatic nitrogens is 3. The number of hydrogen-bond acceptors (Lipinski definition) is 6. The number of H-pyrrole nitrogens is 1. The molecule has 1 saturated heterocycles. The molecule has 0 spiro atoms. The number of nitrogens with one attached hydrogen (secondary N) is 2. The fraction of sp³-hybridized carbons (Fsp3) is 0.500. The average Bonchev–Trinajstić information content (AvgIpc) is 3.48. The maximum absolute atomic E-state index is 12.1. The Morgan fingerprint density at radius 2 is 2.04 bits per heavy atom. The Morgan fingerprint density at radius 3 is 2.74 bits per heavy atom. The summed E-state index contributed by atoms with van der Waals surface area (Å²) in [6.07, 6.45) is 3.52. The minimum absolute atomic E-state index is 0.0130. The number of carbonyl (C=O) groups excluding carboxylic acids is 1. The summed E-state index contributed by atoms with van der Waals surface area (Å²) in [6, 6.07) is 8.50. The smallest absolute Gasteiger partial charge is 0.258 e. The van der Waals surface area contributed by atoms with Gasteiger partial charge in [0.1, 0.15) is 5.75 Å². The zero-order valence-electron chi connectivity index (χ0n) is 14.8. The molecule has 0 atom stereocenters. The molecule has 6 nitrogen and oxygen atoms in total. The Morgan fingerprint density at radius 1 is 1.30 bits per heavy atom. The average molecular weight is 423 g/mol. The highest BCUT2D eigenvalue weighted by atomic mass is 32.2. The Kier molecular flexibility index (Phi) is 6.09. The lowest BCUT2D eigenvalue weighted by Gasteiger charge is -2.21. The first kappa shape index (κ1) is 18.9. The van der Waals surface area contributed by atoms with E-state index in [1.54, 1.807) is 0 Å². The molecule has 27 heavy (non-hydrogen) atoms. The minimum Gasteiger partial charge on any atom is -0.484 e. The van der Waals surface area contributed by atoms with Crippen molar-refractivity contribution in [2.75, 3.05) is 18.1 Å². The van der Waals surface area contributed by atoms with Gasteiger partial charge in [0, 0.05) is 6.04 Å². The summed E-state index contributed by atoms with van der Waals surface area (Å²) in [7, 11) is 0. The van der Waals surface area contributed by atoms with E-state index in [-0.39, 0.29) is 12.5 Å². The lowest BCUT2D eigenvalue weighted by molar-refractivity contribution is -0.123. The number of benzene rings is 1. The molecule has 0 radical (unpaired) electrons. The van der Waals surface area contributed by atoms with E-state index >= 15 is 0 Å². The molecule has 144 valence electrons. The van der Waals surface area contributed by atoms with Crippen molar-refractivity contribution in [3.8, 4) is 5.75 Å². The van der Waals surface area contributed by atoms with Gasteiger partial charge in [0.15, 0.2) is 17.2 Å². The van der Waals surface area contributed by atoms with Crippen molar-refractivity contribution in [3.63, 3.8) is 0 Å². The molecule has 9 heteroatoms. The van der Waals surface area contributed by atoms with Crippen LogP contribution >= 0.6 is 35.7 Å². The Bertz CT molecular complexity index is 839. The zero-order chi connectivity index (χ0) is 18.6. The second-order valence-electron chi connectivity index (χ2n) is 6.61. The van der Waals surface area contributed by atoms with Crippen molar-refractivity contribution in [2.45, 2.75) is 36.4 Å². The van der Waals surface area contributed by atoms with Crippen LogP contribution in [0.4, 0.5) is 0 Å². The molecule has 2 aromatic rings. The van der Waals surface area contributed by atoms with Crippen molar-refractivity contribution >= 4 is 41.6 Å². The van der Waals surface area contributed by atoms with Gasteiger partial charge in [-0.1, -0.05) is 12.1 Å². The largest absolute Gasteiger partial charge is 0.484 e. The number of thioether (sulfide) groups is 2. The predicted molar refractivity (Wildman–Crippen MR) is 112 cm³/mol. The summed E-state index contributed by atoms with van der Waals surface area (Å²) < 4.78 is 8.74. The molecule has 2 aliphatic rings. The molecule has 1 aromatic heterocycles. The van der Waals surface area contributed by atoms with E-state index in [9.17, 15) is 4.79 Å². The van der Waals surface area contributed by atoms with Gasteiger partial charge in [-0.15, -0.1) is 23.5 Å². The van der Waals surface area contributed by atoms with Crippen LogP contribution in [0.25, 0.3) is 0 Å². The van der Waals surface area contributed by atoms with Crippen LogP contribution in [-0.4, -0.2) is 38.8 Å². The molecular weight excluding hydrogens is 400 g/mol. The lowest BCUT2D eigenvalue weighted by Crippen LogP contribution is -2.29. The van der Waals surface area contributed by atoms with E-state index in [2.05, 4.69) is 27.6 Å². The normalized spacial score (nSPS) is 17.6. The molecule has 1 saturated carbocycles. The number of aromatic amines is 1. The monoisotopic (exact) mass is 422 g/mol. The lowest BCUT2D eigenvalue weighted by atomic mass is 10.2. The van der Waals surface area contributed by atoms with Crippen LogP contribution in [0.3, 0.4) is 0 Å². The van der Waals surface area contributed by atoms with E-state index in [1.165, 1.54) is 23.5 Å². The highest BCUT2D eigenvalue weighted by molar-refractivity contribution is 8.16. The zero-order valence-corrected chi connectivity index (χ0v) is 17.3. The molecule has 0 bridgehead atoms. The van der Waals surface area contributed by atoms with Gasteiger partial charge in [0.2, 0.25) is 0 Å². The molecule has 0 unspecified atom stereocenters. The molecule has 4 rings (SSSR count). The van der Waals surface area contributed by atoms with E-state index < -0.39 is 0 Å². The van der Waals surface area contributed by atoms with E-state index in [1.807, 2.05) is 40.2 Å². The van der Waals surface area contributed by atoms with Crippen LogP contribution in [0, 0.1) is 4.77 Å². The second kappa shape index (κ2) is 8.70. The maximum atomic E-state index is 12.1. The van der Waals surface area contributed by atoms with Crippen molar-refractivity contribution in [2.24, 2.45) is 0 Å². The molecule has 2 fully saturated rings. The minimum atomic E-state index is -0.172. The standard InChI is InChI=1S/C18H22N4O2S3/c23-16(19-10-15-20-21-18(25)22(15)13-4-5-13)11-24-14-6-2-12(3-7-14)17-26-8-1-9-27-17/h2-3,6-7,13,17H,1,4-5,8-11H2,(H,19,23)(H,21,25). The topological polar surface area (TPSA) is 71.9 Å². The number of carbonyl (C=O) groups is 1. The molecule has 1 amide bonds. The van der Waals surface area contributed by atoms with Gasteiger partial charge in [-0.2, -0.15) is 5.10 Å². The summed E-state index contributed by atoms with van der Waals surface area (Å²) >= 11 is 9.23. The third-order valence-electron chi connectivity index (χ3n) is 4.48. The van der Waals surface area contributed by atoms with Crippen molar-refractivity contribution in [1.82, 2.24) is 20.1 Å². The summed E-state index contributed by atoms with van der Waals surface area (Å²) in [5.74, 6) is 3.75. The van der Waals surface area contributed by atoms with Crippen molar-refractivity contribution in [3.05, 3.63) is 40.4 Å². The van der Waals surface area contributed by atoms with Gasteiger partial charge < -0.3 is 10.1 Å². The van der Waals surface area contributed by atoms with Gasteiger partial charge in [-0.05, 0) is 60.7 Å². The number of rotatable bonds is 7. The number of ether oxygens (including phenoxy) is 1. The second-order valence-corrected chi connectivity index (χ2v) is 9.72. The molecular formula is C18H22N4O2S3. The number of hydrogen-bond donors (Lipinski definition) is 2. The molecule has 2 N–H and O–H groups in total. The third-order valence-corrected chi connectivity index (χ3v) is 7.79. The van der Waals surface area contributed by atoms with Gasteiger partial charge in [-0.25, -0.2) is 0 Å². The van der Waals surface area contributed by atoms with Gasteiger partial charge in [0.25, 0.3) is 5.91 Å². The SMILES string of the molecule is O=C(COc1ccc(C2SCCCS2)cc1)NCc1n[nH]c(=S)n1C1CC1. The van der Waals surface area contributed by atoms with E-state index in [0.29, 0.717) is 27.7 Å². The van der Waals surface area contributed by atoms with Crippen LogP contribution in [0.2, 0.25) is 0 Å². The predicted octanol–water partition coefficient (Wildman–Crippen LogP) is 3.84. The number of amides is 1. The first-order valence-electron chi connectivity index (χ1n) is 9.09. The van der Waals surface area contributed by atoms with Crippen molar-refractivity contribution in [1.29, 1.82) is 0 Å². The Labute approximate surface area is 171 Å². The van der Waals surface area contributed by atoms with Gasteiger partial charge in [0.05, 0.1) is 11.1 Å². The van der Waals surface area contributed by atoms with Crippen molar-refractivity contribution < 1.29 is 9.53 Å². The highest BCUT2D eigenvalue weighted by Crippen LogP contribution is 2.43. The molecule has 2 heterocycles. The van der Waals surface area contributed by atoms with E-state index in [4.69, 9.17) is 17.0 Å². The summed E-state index contributed by atoms with van der Waals surface area (Å²) in [4.78, 5) is 12.1. The number of nitrogens with zero attached hydrogens (tertiary/aromatic N) is 2. The molecule has 1 aromatic carbocycles. The quantitative estimate of drug-likeness (QED) is 0.661. The first-order valence-corrected chi connectivity index (χ1v) is 11.6. The Balaban J connectivity index is 1.25. The summed E-state index contributed by atoms with van der Waals surface area (Å²) in [5, 5.41) is 9.86. The van der Waals surface area contributed by atoms with Gasteiger partial charge >= 0.3 is 0 Å². The fourth-order valence-corrected chi connectivity index (χ4v) is 6.14. The van der Waals surface area contributed by atoms with Crippen LogP contribution < -0.4 is 10.1 Å². The summed E-state index contributed by atoms with van der Waals surface area (Å²) in [5.41, 5.74) is 1.31. The van der Waals surface area contributed by atoms with Gasteiger partial charge in [-0.3, -0.25) is 14.5 Å². The van der Waals surface area contributed by atoms with Crippen LogP contribution in [-0.2, 0) is 11.3 Å². The molecule has 1 aliphatic carbocycles. The Hall–Kier alpha value is -1.45. The third kappa shape index (κ3) is 4.89. The highest BCUT2D eigenvalue weighted by Gasteiger charge is 2.27. The summed E-state index contributed by atoms with van der Waals surface area (Å²) in [6.45, 7) is 0.335. The van der Waals surface area contributed by atoms with Crippen LogP contribution in [0.15, 0.2) is 24.3 Å². The van der Waals surface area contributed by atoms with Crippen LogP contribution in [0.5, 0.6) is 5.75 Å². The maximum Gasteiger partial charge on any atom is 0.258 e. The first-order chi connectivity index (χ1) is 13.2. The molecule has 1 aliphatic heterocycles. The fourth-order valence-electron chi connectivity index (χ4n) is 2.95.